The van der Waals surface area contributed by atoms with Crippen LogP contribution in [0.5, 0.6) is 0 Å². The fraction of sp³-hybridized carbons (Fsp3) is 0.463. The Kier molecular flexibility index (Phi) is 20.6. The molecule has 1 saturated heterocycles. The molecule has 77 heavy (non-hydrogen) atoms. The second kappa shape index (κ2) is 27.4. The van der Waals surface area contributed by atoms with Crippen LogP contribution in [0, 0.1) is 17.8 Å². The first-order chi connectivity index (χ1) is 36.7. The van der Waals surface area contributed by atoms with Crippen molar-refractivity contribution in [1.29, 1.82) is 0 Å². The third kappa shape index (κ3) is 17.1. The molecule has 0 saturated carbocycles. The number of hydrogen-bond acceptors (Lipinski definition) is 11. The lowest BCUT2D eigenvalue weighted by atomic mass is 9.98. The predicted molar refractivity (Wildman–Crippen MR) is 285 cm³/mol. The lowest BCUT2D eigenvalue weighted by molar-refractivity contribution is -0.136. The molecule has 0 spiro atoms. The molecule has 0 unspecified atom stereocenters. The summed E-state index contributed by atoms with van der Waals surface area (Å²) in [6.07, 6.45) is 7.35. The minimum atomic E-state index is -1.38. The molecule has 5 aromatic rings. The molecule has 1 fully saturated rings. The summed E-state index contributed by atoms with van der Waals surface area (Å²) < 4.78 is 0. The van der Waals surface area contributed by atoms with Crippen molar-refractivity contribution in [2.24, 2.45) is 17.8 Å². The molecule has 6 rings (SSSR count). The van der Waals surface area contributed by atoms with E-state index >= 15 is 0 Å². The first-order valence-corrected chi connectivity index (χ1v) is 26.0. The van der Waals surface area contributed by atoms with E-state index in [1.165, 1.54) is 32.0 Å². The van der Waals surface area contributed by atoms with Crippen LogP contribution in [0.15, 0.2) is 85.8 Å². The summed E-state index contributed by atoms with van der Waals surface area (Å²) in [7, 11) is 0. The van der Waals surface area contributed by atoms with Crippen molar-refractivity contribution in [2.75, 3.05) is 6.54 Å². The van der Waals surface area contributed by atoms with Gasteiger partial charge in [-0.25, -0.2) is 9.97 Å². The Labute approximate surface area is 446 Å². The van der Waals surface area contributed by atoms with Crippen LogP contribution in [-0.4, -0.2) is 133 Å². The number of carbonyl (C=O) groups is 9. The van der Waals surface area contributed by atoms with E-state index in [1.807, 2.05) is 52.0 Å². The highest BCUT2D eigenvalue weighted by molar-refractivity contribution is 5.99. The lowest BCUT2D eigenvalue weighted by Gasteiger charge is -2.29. The number of imidazole rings is 2. The lowest BCUT2D eigenvalue weighted by Crippen LogP contribution is -2.61. The highest BCUT2D eigenvalue weighted by Gasteiger charge is 2.36. The molecule has 1 aliphatic rings. The van der Waals surface area contributed by atoms with E-state index in [2.05, 4.69) is 72.8 Å². The topological polar surface area (TPSA) is 335 Å². The second-order valence-corrected chi connectivity index (χ2v) is 20.7. The average molecular weight is 1060 g/mol. The maximum Gasteiger partial charge on any atom is 0.243 e. The summed E-state index contributed by atoms with van der Waals surface area (Å²) in [6.45, 7) is 11.5. The molecule has 0 aliphatic carbocycles. The van der Waals surface area contributed by atoms with Crippen LogP contribution in [-0.2, 0) is 68.8 Å². The molecular formula is C54H72N14O9. The molecule has 4 heterocycles. The monoisotopic (exact) mass is 1060 g/mol. The highest BCUT2D eigenvalue weighted by Crippen LogP contribution is 2.20. The minimum absolute atomic E-state index is 0.0427. The van der Waals surface area contributed by atoms with Crippen LogP contribution in [0.25, 0.3) is 10.9 Å². The van der Waals surface area contributed by atoms with Gasteiger partial charge in [0.05, 0.1) is 19.2 Å². The summed E-state index contributed by atoms with van der Waals surface area (Å²) in [5.41, 5.74) is 3.00. The molecule has 12 N–H and O–H groups in total. The van der Waals surface area contributed by atoms with Gasteiger partial charge in [0.2, 0.25) is 53.2 Å². The second-order valence-electron chi connectivity index (χ2n) is 20.7. The number of H-pyrrole nitrogens is 3. The van der Waals surface area contributed by atoms with Crippen molar-refractivity contribution in [3.8, 4) is 0 Å². The zero-order valence-corrected chi connectivity index (χ0v) is 44.5. The van der Waals surface area contributed by atoms with Gasteiger partial charge in [-0.2, -0.15) is 0 Å². The van der Waals surface area contributed by atoms with Crippen LogP contribution in [0.3, 0.4) is 0 Å². The standard InChI is InChI=1S/C54H72N14O9/c1-29(2)17-39-49(72)63-40(18-30(3)4)50(73)65-41(19-33-13-9-8-10-14-33)51(74)67-44(22-36-25-56-28-60-36)53(76)66-42(20-34-23-57-38-16-12-11-15-37(34)38)48(71)61-32(7)47(70)68-46(31(5)6)54(77)58-26-45(69)62-43(52(75)64-39)21-35-24-55-27-59-35/h8-16,23-25,27-32,39-44,46,57H,17-22,26H2,1-7H3,(H,55,59)(H,56,60)(H,58,77)(H,61,71)(H,62,69)(H,63,72)(H,64,75)(H,65,73)(H,66,76)(H,67,74)(H,68,70)/t32-,39-,40-,41+,42-,43-,44-,46-/m0/s1. The van der Waals surface area contributed by atoms with Gasteiger partial charge in [0, 0.05) is 66.6 Å². The molecule has 9 amide bonds. The van der Waals surface area contributed by atoms with Crippen LogP contribution in [0.1, 0.15) is 83.8 Å². The number of para-hydroxylation sites is 1. The Morgan fingerprint density at radius 1 is 0.481 bits per heavy atom. The number of amides is 9. The number of carbonyl (C=O) groups excluding carboxylic acids is 9. The van der Waals surface area contributed by atoms with Crippen LogP contribution >= 0.6 is 0 Å². The van der Waals surface area contributed by atoms with Gasteiger partial charge in [-0.1, -0.05) is 90.1 Å². The van der Waals surface area contributed by atoms with E-state index in [-0.39, 0.29) is 50.4 Å². The number of aromatic nitrogens is 5. The van der Waals surface area contributed by atoms with Gasteiger partial charge in [0.15, 0.2) is 0 Å². The van der Waals surface area contributed by atoms with Gasteiger partial charge >= 0.3 is 0 Å². The van der Waals surface area contributed by atoms with Crippen LogP contribution in [0.4, 0.5) is 0 Å². The van der Waals surface area contributed by atoms with E-state index in [1.54, 1.807) is 50.4 Å². The van der Waals surface area contributed by atoms with Crippen molar-refractivity contribution in [3.63, 3.8) is 0 Å². The van der Waals surface area contributed by atoms with Gasteiger partial charge in [-0.05, 0) is 54.7 Å². The molecule has 2 aromatic carbocycles. The Balaban J connectivity index is 1.39. The normalized spacial score (nSPS) is 23.5. The van der Waals surface area contributed by atoms with E-state index in [0.717, 1.165) is 10.9 Å². The number of nitrogens with one attached hydrogen (secondary N) is 12. The predicted octanol–water partition coefficient (Wildman–Crippen LogP) is 0.661. The zero-order valence-electron chi connectivity index (χ0n) is 44.5. The smallest absolute Gasteiger partial charge is 0.243 e. The molecule has 23 nitrogen and oxygen atoms in total. The molecular weight excluding hydrogens is 989 g/mol. The largest absolute Gasteiger partial charge is 0.361 e. The molecule has 0 radical (unpaired) electrons. The number of aromatic amines is 3. The van der Waals surface area contributed by atoms with Crippen molar-refractivity contribution in [3.05, 3.63) is 108 Å². The number of benzene rings is 2. The van der Waals surface area contributed by atoms with E-state index in [9.17, 15) is 43.2 Å². The molecule has 1 aliphatic heterocycles. The van der Waals surface area contributed by atoms with Gasteiger partial charge in [0.25, 0.3) is 0 Å². The number of nitrogens with zero attached hydrogens (tertiary/aromatic N) is 2. The Hall–Kier alpha value is -8.37. The summed E-state index contributed by atoms with van der Waals surface area (Å²) in [4.78, 5) is 145. The maximum absolute atomic E-state index is 14.8. The summed E-state index contributed by atoms with van der Waals surface area (Å²) in [5, 5.41) is 25.4. The Bertz CT molecular complexity index is 2810. The quantitative estimate of drug-likeness (QED) is 0.0777. The van der Waals surface area contributed by atoms with Gasteiger partial charge in [-0.3, -0.25) is 43.2 Å². The first-order valence-electron chi connectivity index (χ1n) is 26.0. The third-order valence-corrected chi connectivity index (χ3v) is 13.0. The van der Waals surface area contributed by atoms with Crippen LogP contribution < -0.4 is 47.9 Å². The zero-order chi connectivity index (χ0) is 55.8. The highest BCUT2D eigenvalue weighted by atomic mass is 16.2. The Morgan fingerprint density at radius 3 is 1.47 bits per heavy atom. The average Bonchev–Trinajstić information content (AvgIpc) is 4.20. The van der Waals surface area contributed by atoms with Gasteiger partial charge in [0.1, 0.15) is 48.3 Å². The summed E-state index contributed by atoms with van der Waals surface area (Å²) in [5.74, 6) is -7.58. The number of fused-ring (bicyclic) bond motifs is 1. The van der Waals surface area contributed by atoms with Crippen LogP contribution in [0.2, 0.25) is 0 Å². The van der Waals surface area contributed by atoms with Gasteiger partial charge in [-0.15, -0.1) is 0 Å². The number of hydrogen-bond donors (Lipinski definition) is 12. The van der Waals surface area contributed by atoms with Crippen molar-refractivity contribution < 1.29 is 43.2 Å². The molecule has 23 heteroatoms. The van der Waals surface area contributed by atoms with E-state index in [4.69, 9.17) is 0 Å². The number of rotatable bonds is 13. The van der Waals surface area contributed by atoms with Crippen molar-refractivity contribution in [2.45, 2.75) is 135 Å². The van der Waals surface area contributed by atoms with E-state index in [0.29, 0.717) is 22.5 Å². The fourth-order valence-electron chi connectivity index (χ4n) is 8.92. The molecule has 412 valence electrons. The molecule has 8 atom stereocenters. The van der Waals surface area contributed by atoms with Gasteiger partial charge < -0.3 is 62.8 Å². The van der Waals surface area contributed by atoms with Crippen molar-refractivity contribution >= 4 is 64.1 Å². The van der Waals surface area contributed by atoms with E-state index < -0.39 is 114 Å². The summed E-state index contributed by atoms with van der Waals surface area (Å²) >= 11 is 0. The first kappa shape index (κ1) is 57.9. The molecule has 3 aromatic heterocycles. The molecule has 0 bridgehead atoms. The SMILES string of the molecule is CC(C)C[C@@H]1NC(=O)[C@H](Cc2cnc[nH]2)NC(=O)CNC(=O)[C@H](C(C)C)NC(=O)[C@H](C)NC(=O)[C@H](Cc2c[nH]c3ccccc23)NC(=O)[C@H](Cc2cnc[nH]2)NC(=O)[C@@H](Cc2ccccc2)NC(=O)[C@H](CC(C)C)NC1=O. The third-order valence-electron chi connectivity index (χ3n) is 13.0. The fourth-order valence-corrected chi connectivity index (χ4v) is 8.92. The Morgan fingerprint density at radius 2 is 0.948 bits per heavy atom. The maximum atomic E-state index is 14.8. The van der Waals surface area contributed by atoms with Crippen molar-refractivity contribution in [1.82, 2.24) is 72.8 Å². The minimum Gasteiger partial charge on any atom is -0.361 e. The summed E-state index contributed by atoms with van der Waals surface area (Å²) in [6, 6.07) is 6.00.